The minimum absolute atomic E-state index is 0.0234. The van der Waals surface area contributed by atoms with E-state index in [0.29, 0.717) is 10.0 Å². The Morgan fingerprint density at radius 3 is 2.32 bits per heavy atom. The molecule has 0 heterocycles. The molecule has 1 aromatic rings. The number of nitrogens with zero attached hydrogens (tertiary/aromatic N) is 1. The molecule has 0 aliphatic carbocycles. The molecule has 0 aliphatic rings. The number of carboxylic acids is 1. The molecule has 1 amide bonds. The van der Waals surface area contributed by atoms with E-state index in [1.165, 1.54) is 0 Å². The van der Waals surface area contributed by atoms with Gasteiger partial charge in [0, 0.05) is 6.04 Å². The summed E-state index contributed by atoms with van der Waals surface area (Å²) in [7, 11) is 0. The zero-order valence-corrected chi connectivity index (χ0v) is 14.3. The highest BCUT2D eigenvalue weighted by atomic mass is 35.5. The van der Waals surface area contributed by atoms with Crippen LogP contribution in [-0.2, 0) is 9.59 Å². The van der Waals surface area contributed by atoms with E-state index in [2.05, 4.69) is 5.32 Å². The predicted molar refractivity (Wildman–Crippen MR) is 87.4 cm³/mol. The van der Waals surface area contributed by atoms with Gasteiger partial charge in [-0.05, 0) is 38.5 Å². The quantitative estimate of drug-likeness (QED) is 0.796. The van der Waals surface area contributed by atoms with Crippen molar-refractivity contribution in [2.24, 2.45) is 0 Å². The molecule has 1 unspecified atom stereocenters. The number of halogens is 2. The van der Waals surface area contributed by atoms with Gasteiger partial charge in [-0.15, -0.1) is 0 Å². The smallest absolute Gasteiger partial charge is 0.317 e. The van der Waals surface area contributed by atoms with Crippen LogP contribution in [0, 0.1) is 0 Å². The highest BCUT2D eigenvalue weighted by Crippen LogP contribution is 2.25. The van der Waals surface area contributed by atoms with Crippen molar-refractivity contribution in [2.45, 2.75) is 32.9 Å². The second-order valence-corrected chi connectivity index (χ2v) is 6.17. The number of carbonyl (C=O) groups is 2. The van der Waals surface area contributed by atoms with Crippen molar-refractivity contribution in [1.82, 2.24) is 10.2 Å². The van der Waals surface area contributed by atoms with Crippen molar-refractivity contribution >= 4 is 35.1 Å². The average molecular weight is 347 g/mol. The molecule has 0 saturated heterocycles. The first kappa shape index (κ1) is 18.7. The van der Waals surface area contributed by atoms with Crippen molar-refractivity contribution in [2.75, 3.05) is 13.1 Å². The summed E-state index contributed by atoms with van der Waals surface area (Å²) in [5.74, 6) is -1.20. The summed E-state index contributed by atoms with van der Waals surface area (Å²) in [5, 5.41) is 12.6. The third-order valence-corrected chi connectivity index (χ3v) is 3.98. The summed E-state index contributed by atoms with van der Waals surface area (Å²) in [6.07, 6.45) is 0. The maximum Gasteiger partial charge on any atom is 0.317 e. The van der Waals surface area contributed by atoms with Crippen LogP contribution in [0.5, 0.6) is 0 Å². The highest BCUT2D eigenvalue weighted by molar-refractivity contribution is 6.42. The lowest BCUT2D eigenvalue weighted by atomic mass is 10.1. The van der Waals surface area contributed by atoms with Crippen LogP contribution in [0.1, 0.15) is 32.4 Å². The number of carbonyl (C=O) groups excluding carboxylic acids is 1. The van der Waals surface area contributed by atoms with E-state index < -0.39 is 5.97 Å². The predicted octanol–water partition coefficient (Wildman–Crippen LogP) is 2.97. The Morgan fingerprint density at radius 2 is 1.82 bits per heavy atom. The molecule has 2 N–H and O–H groups in total. The van der Waals surface area contributed by atoms with Crippen molar-refractivity contribution < 1.29 is 14.7 Å². The molecule has 1 rings (SSSR count). The van der Waals surface area contributed by atoms with Gasteiger partial charge in [0.15, 0.2) is 0 Å². The molecule has 0 saturated carbocycles. The van der Waals surface area contributed by atoms with E-state index in [0.717, 1.165) is 5.56 Å². The van der Waals surface area contributed by atoms with Crippen LogP contribution in [0.2, 0.25) is 10.0 Å². The van der Waals surface area contributed by atoms with Gasteiger partial charge in [0.05, 0.1) is 29.2 Å². The Hall–Kier alpha value is -1.30. The van der Waals surface area contributed by atoms with E-state index in [-0.39, 0.29) is 31.1 Å². The van der Waals surface area contributed by atoms with Crippen LogP contribution >= 0.6 is 23.2 Å². The maximum absolute atomic E-state index is 12.1. The van der Waals surface area contributed by atoms with Gasteiger partial charge in [0.2, 0.25) is 5.91 Å². The summed E-state index contributed by atoms with van der Waals surface area (Å²) in [6.45, 7) is 5.37. The standard InChI is InChI=1S/C15H20Cl2N2O3/c1-9(2)19(8-15(21)22)7-14(20)18-10(3)11-4-5-12(16)13(17)6-11/h4-6,9-10H,7-8H2,1-3H3,(H,18,20)(H,21,22). The number of carboxylic acid groups (broad SMARTS) is 1. The van der Waals surface area contributed by atoms with E-state index in [1.54, 1.807) is 23.1 Å². The molecule has 1 aromatic carbocycles. The minimum Gasteiger partial charge on any atom is -0.480 e. The highest BCUT2D eigenvalue weighted by Gasteiger charge is 2.18. The fourth-order valence-corrected chi connectivity index (χ4v) is 2.24. The zero-order chi connectivity index (χ0) is 16.9. The number of nitrogens with one attached hydrogen (secondary N) is 1. The molecular formula is C15H20Cl2N2O3. The Labute approximate surface area is 140 Å². The van der Waals surface area contributed by atoms with Gasteiger partial charge in [-0.1, -0.05) is 29.3 Å². The number of hydrogen-bond acceptors (Lipinski definition) is 3. The lowest BCUT2D eigenvalue weighted by Crippen LogP contribution is -2.43. The van der Waals surface area contributed by atoms with Crippen LogP contribution in [0.25, 0.3) is 0 Å². The second-order valence-electron chi connectivity index (χ2n) is 5.36. The fraction of sp³-hybridized carbons (Fsp3) is 0.467. The molecule has 0 fully saturated rings. The first-order valence-corrected chi connectivity index (χ1v) is 7.66. The van der Waals surface area contributed by atoms with Gasteiger partial charge in [0.1, 0.15) is 0 Å². The summed E-state index contributed by atoms with van der Waals surface area (Å²) in [5.41, 5.74) is 0.831. The summed E-state index contributed by atoms with van der Waals surface area (Å²) in [6, 6.07) is 4.87. The zero-order valence-electron chi connectivity index (χ0n) is 12.8. The summed E-state index contributed by atoms with van der Waals surface area (Å²) < 4.78 is 0. The number of aliphatic carboxylic acids is 1. The number of amides is 1. The Morgan fingerprint density at radius 1 is 1.18 bits per heavy atom. The maximum atomic E-state index is 12.1. The lowest BCUT2D eigenvalue weighted by molar-refractivity contribution is -0.139. The van der Waals surface area contributed by atoms with Crippen LogP contribution in [0.3, 0.4) is 0 Å². The molecule has 7 heteroatoms. The second kappa shape index (κ2) is 8.36. The van der Waals surface area contributed by atoms with Crippen molar-refractivity contribution in [1.29, 1.82) is 0 Å². The third-order valence-electron chi connectivity index (χ3n) is 3.24. The Balaban J connectivity index is 2.66. The van der Waals surface area contributed by atoms with Crippen molar-refractivity contribution in [3.8, 4) is 0 Å². The van der Waals surface area contributed by atoms with Gasteiger partial charge in [0.25, 0.3) is 0 Å². The molecule has 5 nitrogen and oxygen atoms in total. The van der Waals surface area contributed by atoms with Gasteiger partial charge in [-0.3, -0.25) is 14.5 Å². The Kier molecular flexibility index (Phi) is 7.13. The van der Waals surface area contributed by atoms with Crippen molar-refractivity contribution in [3.63, 3.8) is 0 Å². The molecule has 0 bridgehead atoms. The summed E-state index contributed by atoms with van der Waals surface area (Å²) >= 11 is 11.8. The summed E-state index contributed by atoms with van der Waals surface area (Å²) in [4.78, 5) is 24.5. The monoisotopic (exact) mass is 346 g/mol. The van der Waals surface area contributed by atoms with Crippen LogP contribution in [-0.4, -0.2) is 41.0 Å². The molecule has 22 heavy (non-hydrogen) atoms. The van der Waals surface area contributed by atoms with Crippen LogP contribution < -0.4 is 5.32 Å². The Bertz CT molecular complexity index is 550. The fourth-order valence-electron chi connectivity index (χ4n) is 1.93. The van der Waals surface area contributed by atoms with E-state index in [1.807, 2.05) is 20.8 Å². The molecule has 0 radical (unpaired) electrons. The lowest BCUT2D eigenvalue weighted by Gasteiger charge is -2.25. The topological polar surface area (TPSA) is 69.6 Å². The van der Waals surface area contributed by atoms with Gasteiger partial charge in [-0.25, -0.2) is 0 Å². The van der Waals surface area contributed by atoms with Gasteiger partial charge < -0.3 is 10.4 Å². The van der Waals surface area contributed by atoms with Gasteiger partial charge >= 0.3 is 5.97 Å². The van der Waals surface area contributed by atoms with Crippen molar-refractivity contribution in [3.05, 3.63) is 33.8 Å². The molecule has 0 aliphatic heterocycles. The number of rotatable bonds is 7. The van der Waals surface area contributed by atoms with Gasteiger partial charge in [-0.2, -0.15) is 0 Å². The first-order chi connectivity index (χ1) is 10.2. The minimum atomic E-state index is -0.959. The largest absolute Gasteiger partial charge is 0.480 e. The van der Waals surface area contributed by atoms with E-state index in [4.69, 9.17) is 28.3 Å². The third kappa shape index (κ3) is 5.83. The SMILES string of the molecule is CC(NC(=O)CN(CC(=O)O)C(C)C)c1ccc(Cl)c(Cl)c1. The molecule has 122 valence electrons. The van der Waals surface area contributed by atoms with Crippen LogP contribution in [0.4, 0.5) is 0 Å². The first-order valence-electron chi connectivity index (χ1n) is 6.91. The van der Waals surface area contributed by atoms with Crippen LogP contribution in [0.15, 0.2) is 18.2 Å². The molecule has 0 aromatic heterocycles. The number of hydrogen-bond donors (Lipinski definition) is 2. The molecule has 0 spiro atoms. The number of benzene rings is 1. The average Bonchev–Trinajstić information content (AvgIpc) is 2.40. The molecular weight excluding hydrogens is 327 g/mol. The van der Waals surface area contributed by atoms with E-state index >= 15 is 0 Å². The normalized spacial score (nSPS) is 12.5. The molecule has 1 atom stereocenters. The van der Waals surface area contributed by atoms with E-state index in [9.17, 15) is 9.59 Å².